The Kier molecular flexibility index (Phi) is 5.15. The maximum Gasteiger partial charge on any atom is 0.208 e. The lowest BCUT2D eigenvalue weighted by molar-refractivity contribution is 0.329. The summed E-state index contributed by atoms with van der Waals surface area (Å²) in [7, 11) is -3.10. The molecule has 1 aliphatic rings. The van der Waals surface area contributed by atoms with Crippen LogP contribution >= 0.6 is 0 Å². The maximum absolute atomic E-state index is 11.1. The van der Waals surface area contributed by atoms with Crippen molar-refractivity contribution >= 4 is 10.0 Å². The Morgan fingerprint density at radius 1 is 1.30 bits per heavy atom. The topological polar surface area (TPSA) is 75.4 Å². The van der Waals surface area contributed by atoms with Crippen molar-refractivity contribution in [2.75, 3.05) is 39.0 Å². The zero-order chi connectivity index (χ0) is 14.6. The van der Waals surface area contributed by atoms with Gasteiger partial charge in [-0.1, -0.05) is 30.3 Å². The van der Waals surface area contributed by atoms with Gasteiger partial charge in [-0.05, 0) is 18.0 Å². The molecule has 20 heavy (non-hydrogen) atoms. The van der Waals surface area contributed by atoms with Crippen molar-refractivity contribution in [3.63, 3.8) is 0 Å². The van der Waals surface area contributed by atoms with Gasteiger partial charge < -0.3 is 10.6 Å². The van der Waals surface area contributed by atoms with Gasteiger partial charge in [-0.25, -0.2) is 13.1 Å². The van der Waals surface area contributed by atoms with Crippen molar-refractivity contribution in [3.05, 3.63) is 35.9 Å². The van der Waals surface area contributed by atoms with E-state index in [-0.39, 0.29) is 0 Å². The molecule has 2 atom stereocenters. The van der Waals surface area contributed by atoms with E-state index in [1.54, 1.807) is 0 Å². The first-order valence-electron chi connectivity index (χ1n) is 6.91. The van der Waals surface area contributed by atoms with Gasteiger partial charge in [0.25, 0.3) is 0 Å². The molecule has 0 unspecified atom stereocenters. The largest absolute Gasteiger partial charge is 0.330 e. The summed E-state index contributed by atoms with van der Waals surface area (Å²) in [4.78, 5) is 2.29. The number of nitrogens with zero attached hydrogens (tertiary/aromatic N) is 1. The fraction of sp³-hybridized carbons (Fsp3) is 0.571. The van der Waals surface area contributed by atoms with Gasteiger partial charge in [-0.3, -0.25) is 0 Å². The lowest BCUT2D eigenvalue weighted by Crippen LogP contribution is -2.33. The third kappa shape index (κ3) is 4.28. The number of nitrogens with two attached hydrogens (primary N) is 1. The average molecular weight is 297 g/mol. The Labute approximate surface area is 121 Å². The average Bonchev–Trinajstić information content (AvgIpc) is 2.81. The van der Waals surface area contributed by atoms with E-state index in [0.717, 1.165) is 19.6 Å². The van der Waals surface area contributed by atoms with Crippen LogP contribution in [-0.4, -0.2) is 52.3 Å². The molecule has 1 saturated heterocycles. The smallest absolute Gasteiger partial charge is 0.208 e. The zero-order valence-electron chi connectivity index (χ0n) is 11.8. The molecule has 3 N–H and O–H groups in total. The molecule has 0 aromatic heterocycles. The van der Waals surface area contributed by atoms with E-state index in [1.807, 2.05) is 6.07 Å². The van der Waals surface area contributed by atoms with E-state index in [2.05, 4.69) is 33.9 Å². The summed E-state index contributed by atoms with van der Waals surface area (Å²) in [5.74, 6) is 0.884. The molecule has 1 aromatic carbocycles. The first-order valence-corrected chi connectivity index (χ1v) is 8.81. The summed E-state index contributed by atoms with van der Waals surface area (Å²) in [6, 6.07) is 10.4. The van der Waals surface area contributed by atoms with Gasteiger partial charge in [0.15, 0.2) is 0 Å². The van der Waals surface area contributed by atoms with Crippen LogP contribution in [0.4, 0.5) is 0 Å². The highest BCUT2D eigenvalue weighted by molar-refractivity contribution is 7.88. The molecule has 0 saturated carbocycles. The van der Waals surface area contributed by atoms with E-state index < -0.39 is 10.0 Å². The summed E-state index contributed by atoms with van der Waals surface area (Å²) in [6.07, 6.45) is 1.19. The second-order valence-electron chi connectivity index (χ2n) is 5.44. The Balaban J connectivity index is 1.93. The monoisotopic (exact) mass is 297 g/mol. The Hall–Kier alpha value is -0.950. The van der Waals surface area contributed by atoms with Crippen molar-refractivity contribution < 1.29 is 8.42 Å². The van der Waals surface area contributed by atoms with Crippen LogP contribution in [0.1, 0.15) is 11.5 Å². The number of rotatable bonds is 6. The first kappa shape index (κ1) is 15.4. The van der Waals surface area contributed by atoms with Gasteiger partial charge >= 0.3 is 0 Å². The minimum Gasteiger partial charge on any atom is -0.330 e. The lowest BCUT2D eigenvalue weighted by atomic mass is 9.89. The third-order valence-electron chi connectivity index (χ3n) is 3.84. The quantitative estimate of drug-likeness (QED) is 0.787. The van der Waals surface area contributed by atoms with Crippen LogP contribution in [0.5, 0.6) is 0 Å². The van der Waals surface area contributed by atoms with Gasteiger partial charge in [0.05, 0.1) is 6.26 Å². The molecular formula is C14H23N3O2S. The fourth-order valence-electron chi connectivity index (χ4n) is 2.85. The Bertz CT molecular complexity index is 518. The van der Waals surface area contributed by atoms with Gasteiger partial charge in [0.2, 0.25) is 10.0 Å². The van der Waals surface area contributed by atoms with E-state index in [1.165, 1.54) is 11.8 Å². The molecule has 2 rings (SSSR count). The number of sulfonamides is 1. The minimum atomic E-state index is -3.10. The maximum atomic E-state index is 11.1. The molecule has 0 spiro atoms. The number of likely N-dealkylation sites (tertiary alicyclic amines) is 1. The highest BCUT2D eigenvalue weighted by atomic mass is 32.2. The SMILES string of the molecule is CS(=O)(=O)NCCN1C[C@@H](CN)[C@H](c2ccccc2)C1. The summed E-state index contributed by atoms with van der Waals surface area (Å²) in [5.41, 5.74) is 7.20. The van der Waals surface area contributed by atoms with Crippen LogP contribution < -0.4 is 10.5 Å². The highest BCUT2D eigenvalue weighted by Crippen LogP contribution is 2.31. The minimum absolute atomic E-state index is 0.440. The predicted molar refractivity (Wildman–Crippen MR) is 81.0 cm³/mol. The first-order chi connectivity index (χ1) is 9.49. The number of benzene rings is 1. The molecule has 5 nitrogen and oxygen atoms in total. The van der Waals surface area contributed by atoms with E-state index in [4.69, 9.17) is 5.73 Å². The van der Waals surface area contributed by atoms with E-state index in [0.29, 0.717) is 24.9 Å². The molecule has 0 bridgehead atoms. The third-order valence-corrected chi connectivity index (χ3v) is 4.57. The Morgan fingerprint density at radius 2 is 2.00 bits per heavy atom. The number of hydrogen-bond donors (Lipinski definition) is 2. The van der Waals surface area contributed by atoms with E-state index >= 15 is 0 Å². The molecule has 0 radical (unpaired) electrons. The summed E-state index contributed by atoms with van der Waals surface area (Å²) < 4.78 is 24.7. The molecule has 1 heterocycles. The number of hydrogen-bond acceptors (Lipinski definition) is 4. The molecule has 0 aliphatic carbocycles. The van der Waals surface area contributed by atoms with Crippen molar-refractivity contribution in [1.29, 1.82) is 0 Å². The van der Waals surface area contributed by atoms with Crippen LogP contribution in [0.3, 0.4) is 0 Å². The summed E-state index contributed by atoms with van der Waals surface area (Å²) >= 11 is 0. The van der Waals surface area contributed by atoms with Crippen LogP contribution in [-0.2, 0) is 10.0 Å². The van der Waals surface area contributed by atoms with Crippen molar-refractivity contribution in [3.8, 4) is 0 Å². The van der Waals surface area contributed by atoms with Crippen LogP contribution in [0, 0.1) is 5.92 Å². The van der Waals surface area contributed by atoms with Gasteiger partial charge in [-0.15, -0.1) is 0 Å². The number of nitrogens with one attached hydrogen (secondary N) is 1. The molecule has 112 valence electrons. The Morgan fingerprint density at radius 3 is 2.60 bits per heavy atom. The molecule has 0 amide bonds. The van der Waals surface area contributed by atoms with Crippen molar-refractivity contribution in [2.24, 2.45) is 11.7 Å². The predicted octanol–water partition coefficient (Wildman–Crippen LogP) is 0.210. The van der Waals surface area contributed by atoms with Crippen molar-refractivity contribution in [1.82, 2.24) is 9.62 Å². The molecule has 1 aliphatic heterocycles. The summed E-state index contributed by atoms with van der Waals surface area (Å²) in [5, 5.41) is 0. The second-order valence-corrected chi connectivity index (χ2v) is 7.27. The fourth-order valence-corrected chi connectivity index (χ4v) is 3.31. The molecule has 6 heteroatoms. The molecule has 1 aromatic rings. The van der Waals surface area contributed by atoms with E-state index in [9.17, 15) is 8.42 Å². The van der Waals surface area contributed by atoms with Crippen LogP contribution in [0.25, 0.3) is 0 Å². The van der Waals surface area contributed by atoms with Crippen molar-refractivity contribution in [2.45, 2.75) is 5.92 Å². The van der Waals surface area contributed by atoms with Crippen LogP contribution in [0.2, 0.25) is 0 Å². The molecular weight excluding hydrogens is 274 g/mol. The summed E-state index contributed by atoms with van der Waals surface area (Å²) in [6.45, 7) is 3.72. The normalized spacial score (nSPS) is 24.1. The molecule has 1 fully saturated rings. The second kappa shape index (κ2) is 6.67. The van der Waals surface area contributed by atoms with Gasteiger partial charge in [-0.2, -0.15) is 0 Å². The van der Waals surface area contributed by atoms with Crippen LogP contribution in [0.15, 0.2) is 30.3 Å². The van der Waals surface area contributed by atoms with Gasteiger partial charge in [0, 0.05) is 32.1 Å². The standard InChI is InChI=1S/C14H23N3O2S/c1-20(18,19)16-7-8-17-10-13(9-15)14(11-17)12-5-3-2-4-6-12/h2-6,13-14,16H,7-11,15H2,1H3/t13-,14+/m1/s1. The lowest BCUT2D eigenvalue weighted by Gasteiger charge is -2.16. The van der Waals surface area contributed by atoms with Gasteiger partial charge in [0.1, 0.15) is 0 Å². The highest BCUT2D eigenvalue weighted by Gasteiger charge is 2.32. The zero-order valence-corrected chi connectivity index (χ0v) is 12.6.